The van der Waals surface area contributed by atoms with Gasteiger partial charge in [-0.3, -0.25) is 70.6 Å². The summed E-state index contributed by atoms with van der Waals surface area (Å²) in [5.41, 5.74) is 33.3. The third-order valence-electron chi connectivity index (χ3n) is 29.8. The molecule has 1 aromatic carbocycles. The average Bonchev–Trinajstić information content (AvgIpc) is 1.18. The fourth-order valence-electron chi connectivity index (χ4n) is 22.1. The van der Waals surface area contributed by atoms with Gasteiger partial charge in [0.25, 0.3) is 27.8 Å². The summed E-state index contributed by atoms with van der Waals surface area (Å²) >= 11 is 0. The van der Waals surface area contributed by atoms with Crippen LogP contribution in [-0.4, -0.2) is 218 Å². The van der Waals surface area contributed by atoms with E-state index >= 15 is 0 Å². The van der Waals surface area contributed by atoms with Crippen LogP contribution in [0.3, 0.4) is 0 Å². The monoisotopic (exact) mass is 2010 g/mol. The Morgan fingerprint density at radius 3 is 1.25 bits per heavy atom. The van der Waals surface area contributed by atoms with Crippen molar-refractivity contribution < 1.29 is 0 Å². The van der Waals surface area contributed by atoms with E-state index in [9.17, 15) is 24.0 Å². The number of piperidine rings is 3. The molecule has 1 atom stereocenters. The Bertz CT molecular complexity index is 9020. The second-order valence-electron chi connectivity index (χ2n) is 41.2. The molecule has 0 aliphatic carbocycles. The van der Waals surface area contributed by atoms with Crippen molar-refractivity contribution in [3.8, 4) is 56.8 Å². The SMILES string of the molecule is CCc1nc(C)cn2nc(-c3cc(=O)n4cc(C5=CCNCC5)cc(C)c4n3)cc12.CCc1nc(C)cn2nc(-c3cc(=O)n4cc(C5CCN(C)CC5)cc(C)c4n3)cc12.CCc1nc(C)cn2nc(-c3cc(=O)n4cc(C5CCNCC5)cc(C)c4n3)cc12.Cc1cc(C2CCNCC2)cn2c(=O)cc(-c3ccc4c(cnn4C)c3)nc12.Cc1cn2nc(-c3cc(=O)n4cc(N5CC[C@@H](CN(C)C)C5)ccc4n3)cc2c(C)n1. The number of hydrogen-bond acceptors (Lipinski definition) is 25. The fraction of sp³-hybridized carbons (Fsp3) is 0.365. The van der Waals surface area contributed by atoms with E-state index in [1.807, 2.05) is 198 Å². The maximum Gasteiger partial charge on any atom is 0.258 e. The van der Waals surface area contributed by atoms with E-state index in [2.05, 4.69) is 154 Å². The largest absolute Gasteiger partial charge is 0.370 e. The van der Waals surface area contributed by atoms with Gasteiger partial charge in [-0.2, -0.15) is 25.5 Å². The fourth-order valence-corrected chi connectivity index (χ4v) is 22.1. The number of benzene rings is 1. The van der Waals surface area contributed by atoms with Crippen LogP contribution in [0.15, 0.2) is 201 Å². The zero-order chi connectivity index (χ0) is 104. The minimum Gasteiger partial charge on any atom is -0.370 e. The van der Waals surface area contributed by atoms with Crippen LogP contribution < -0.4 is 48.6 Å². The molecule has 20 aromatic rings. The van der Waals surface area contributed by atoms with Crippen LogP contribution in [0.5, 0.6) is 0 Å². The van der Waals surface area contributed by atoms with Crippen molar-refractivity contribution in [2.45, 2.75) is 171 Å². The van der Waals surface area contributed by atoms with E-state index in [1.54, 1.807) is 56.9 Å². The van der Waals surface area contributed by atoms with Gasteiger partial charge in [-0.15, -0.1) is 0 Å². The molecular formula is C115H128N30O5. The van der Waals surface area contributed by atoms with Crippen molar-refractivity contribution in [2.24, 2.45) is 13.0 Å². The van der Waals surface area contributed by atoms with Crippen molar-refractivity contribution in [1.29, 1.82) is 0 Å². The van der Waals surface area contributed by atoms with Gasteiger partial charge < -0.3 is 30.7 Å². The normalized spacial score (nSPS) is 15.6. The van der Waals surface area contributed by atoms with Crippen molar-refractivity contribution in [3.63, 3.8) is 0 Å². The predicted molar refractivity (Wildman–Crippen MR) is 589 cm³/mol. The molecule has 5 aliphatic heterocycles. The smallest absolute Gasteiger partial charge is 0.258 e. The zero-order valence-corrected chi connectivity index (χ0v) is 88.2. The molecular weight excluding hydrogens is 1880 g/mol. The van der Waals surface area contributed by atoms with Crippen LogP contribution in [0.25, 0.3) is 124 Å². The molecule has 3 N–H and O–H groups in total. The predicted octanol–water partition coefficient (Wildman–Crippen LogP) is 14.8. The van der Waals surface area contributed by atoms with Crippen LogP contribution >= 0.6 is 0 Å². The highest BCUT2D eigenvalue weighted by atomic mass is 16.1. The van der Waals surface area contributed by atoms with Crippen LogP contribution in [-0.2, 0) is 26.3 Å². The van der Waals surface area contributed by atoms with Gasteiger partial charge in [0.15, 0.2) is 0 Å². The first kappa shape index (κ1) is 100. The van der Waals surface area contributed by atoms with Crippen LogP contribution in [0.2, 0.25) is 0 Å². The highest BCUT2D eigenvalue weighted by Gasteiger charge is 2.29. The summed E-state index contributed by atoms with van der Waals surface area (Å²) in [5.74, 6) is 2.14. The van der Waals surface area contributed by atoms with Gasteiger partial charge in [0.1, 0.15) is 51.0 Å². The first-order valence-corrected chi connectivity index (χ1v) is 52.4. The minimum atomic E-state index is -0.103. The molecule has 768 valence electrons. The van der Waals surface area contributed by atoms with Gasteiger partial charge in [0, 0.05) is 105 Å². The third kappa shape index (κ3) is 20.7. The van der Waals surface area contributed by atoms with Gasteiger partial charge in [0.05, 0.1) is 138 Å². The summed E-state index contributed by atoms with van der Waals surface area (Å²) in [7, 11) is 8.32. The number of hydrogen-bond donors (Lipinski definition) is 3. The zero-order valence-electron chi connectivity index (χ0n) is 88.2. The quantitative estimate of drug-likeness (QED) is 0.0858. The second kappa shape index (κ2) is 42.1. The van der Waals surface area contributed by atoms with Crippen molar-refractivity contribution in [3.05, 3.63) is 319 Å². The molecule has 35 heteroatoms. The van der Waals surface area contributed by atoms with Crippen molar-refractivity contribution in [2.75, 3.05) is 98.0 Å². The number of pyridine rings is 5. The lowest BCUT2D eigenvalue weighted by Crippen LogP contribution is -2.29. The third-order valence-corrected chi connectivity index (χ3v) is 29.8. The van der Waals surface area contributed by atoms with Gasteiger partial charge in [-0.25, -0.2) is 43.0 Å². The molecule has 19 aromatic heterocycles. The molecule has 0 spiro atoms. The number of rotatable bonds is 15. The molecule has 4 saturated heterocycles. The Morgan fingerprint density at radius 1 is 0.367 bits per heavy atom. The molecule has 0 saturated carbocycles. The van der Waals surface area contributed by atoms with Crippen molar-refractivity contribution >= 4 is 72.5 Å². The lowest BCUT2D eigenvalue weighted by atomic mass is 9.90. The van der Waals surface area contributed by atoms with E-state index in [-0.39, 0.29) is 27.8 Å². The molecule has 0 bridgehead atoms. The van der Waals surface area contributed by atoms with Gasteiger partial charge >= 0.3 is 0 Å². The molecule has 0 unspecified atom stereocenters. The molecule has 150 heavy (non-hydrogen) atoms. The average molecular weight is 2010 g/mol. The van der Waals surface area contributed by atoms with Gasteiger partial charge in [-0.05, 0) is 328 Å². The standard InChI is InChI=1S/C24H28N6O.C23H27N7O.C23H26N6O.C23H24N6O.C22H23N5O/c1-5-19-22-11-21(27-30(22)13-16(3)25-19)20-12-23(31)29-14-18(10-15(2)24(29)26-20)17-6-8-28(4)9-7-17;1-15-11-30-21(16(2)24-15)9-20(26-30)19-10-23(31)29-14-18(5-6-22(29)25-19)28-8-7-17(13-28)12-27(3)4;2*1-4-18-21-10-20(27-29(21)12-15(3)25-18)19-11-22(30)28-13-17(9-14(2)23(28)26-19)16-5-7-24-8-6-16;1-14-9-18(15-5-7-23-8-6-15)13-27-21(28)11-19(25-22(14)27)16-3-4-20-17(10-16)12-24-26(20)2/h10-14,17H,5-9H2,1-4H3;5-6,9-11,14,17H,7-8,12-13H2,1-4H3;9-13,16,24H,4-8H2,1-3H3;5,9-13,24H,4,6-8H2,1-3H3;3-4,9-13,15,23H,5-8H2,1-2H3/t;17-;;;/m.0.../s1. The summed E-state index contributed by atoms with van der Waals surface area (Å²) in [6, 6.07) is 34.6. The number of likely N-dealkylation sites (tertiary alicyclic amines) is 1. The highest BCUT2D eigenvalue weighted by Crippen LogP contribution is 2.36. The summed E-state index contributed by atoms with van der Waals surface area (Å²) in [6.07, 6.45) is 32.6. The second-order valence-corrected chi connectivity index (χ2v) is 41.2. The number of fused-ring (bicyclic) bond motifs is 10. The Morgan fingerprint density at radius 2 is 0.787 bits per heavy atom. The minimum absolute atomic E-state index is 0.0369. The Balaban J connectivity index is 0.000000110. The summed E-state index contributed by atoms with van der Waals surface area (Å²) < 4.78 is 17.5. The maximum atomic E-state index is 13.1. The Kier molecular flexibility index (Phi) is 28.2. The van der Waals surface area contributed by atoms with Crippen LogP contribution in [0.4, 0.5) is 5.69 Å². The summed E-state index contributed by atoms with van der Waals surface area (Å²) in [6.45, 7) is 35.4. The molecule has 25 rings (SSSR count). The number of nitrogens with one attached hydrogen (secondary N) is 3. The summed E-state index contributed by atoms with van der Waals surface area (Å²) in [5, 5.41) is 34.1. The lowest BCUT2D eigenvalue weighted by Gasteiger charge is -2.29. The van der Waals surface area contributed by atoms with Gasteiger partial charge in [0.2, 0.25) is 0 Å². The Labute approximate surface area is 866 Å². The molecule has 0 radical (unpaired) electrons. The Hall–Kier alpha value is -15.7. The van der Waals surface area contributed by atoms with Gasteiger partial charge in [-0.1, -0.05) is 51.1 Å². The molecule has 35 nitrogen and oxygen atoms in total. The van der Waals surface area contributed by atoms with Crippen molar-refractivity contribution in [1.82, 2.24) is 141 Å². The van der Waals surface area contributed by atoms with Crippen LogP contribution in [0, 0.1) is 68.2 Å². The number of anilines is 1. The summed E-state index contributed by atoms with van der Waals surface area (Å²) in [4.78, 5) is 114. The number of aryl methyl sites for hydroxylation is 13. The first-order valence-electron chi connectivity index (χ1n) is 52.4. The highest BCUT2D eigenvalue weighted by molar-refractivity contribution is 5.84. The van der Waals surface area contributed by atoms with E-state index in [0.717, 1.165) is 259 Å². The molecule has 4 fully saturated rings. The van der Waals surface area contributed by atoms with Crippen LogP contribution in [0.1, 0.15) is 180 Å². The molecule has 24 heterocycles. The maximum absolute atomic E-state index is 13.1. The number of nitrogens with zero attached hydrogens (tertiary/aromatic N) is 27. The first-order chi connectivity index (χ1) is 72.4. The topological polar surface area (TPSA) is 356 Å². The lowest BCUT2D eigenvalue weighted by molar-refractivity contribution is 0.255. The van der Waals surface area contributed by atoms with E-state index in [4.69, 9.17) is 24.9 Å². The molecule has 0 amide bonds. The number of aromatic nitrogens is 24. The van der Waals surface area contributed by atoms with E-state index < -0.39 is 0 Å². The molecule has 5 aliphatic rings. The van der Waals surface area contributed by atoms with E-state index in [0.29, 0.717) is 97.5 Å². The van der Waals surface area contributed by atoms with E-state index in [1.165, 1.54) is 28.7 Å².